The first-order valence-electron chi connectivity index (χ1n) is 7.53. The highest BCUT2D eigenvalue weighted by Gasteiger charge is 2.32. The SMILES string of the molecule is COCC(C)(c1ccc(C)cc1)c1cn(C)c2ncccc12. The molecule has 0 radical (unpaired) electrons. The van der Waals surface area contributed by atoms with Crippen LogP contribution < -0.4 is 0 Å². The molecule has 0 aliphatic carbocycles. The number of aryl methyl sites for hydroxylation is 2. The number of ether oxygens (including phenoxy) is 1. The summed E-state index contributed by atoms with van der Waals surface area (Å²) in [6, 6.07) is 12.8. The second kappa shape index (κ2) is 5.58. The average molecular weight is 294 g/mol. The molecule has 0 fully saturated rings. The van der Waals surface area contributed by atoms with Crippen molar-refractivity contribution in [2.24, 2.45) is 7.05 Å². The summed E-state index contributed by atoms with van der Waals surface area (Å²) in [5.74, 6) is 0. The Morgan fingerprint density at radius 2 is 1.91 bits per heavy atom. The topological polar surface area (TPSA) is 27.1 Å². The van der Waals surface area contributed by atoms with E-state index < -0.39 is 0 Å². The van der Waals surface area contributed by atoms with Crippen molar-refractivity contribution < 1.29 is 4.74 Å². The van der Waals surface area contributed by atoms with E-state index in [2.05, 4.69) is 59.9 Å². The lowest BCUT2D eigenvalue weighted by molar-refractivity contribution is 0.156. The van der Waals surface area contributed by atoms with Crippen molar-refractivity contribution in [2.75, 3.05) is 13.7 Å². The Kier molecular flexibility index (Phi) is 3.75. The Morgan fingerprint density at radius 1 is 1.18 bits per heavy atom. The molecule has 0 aliphatic rings. The van der Waals surface area contributed by atoms with Gasteiger partial charge in [-0.25, -0.2) is 4.98 Å². The minimum Gasteiger partial charge on any atom is -0.383 e. The first-order chi connectivity index (χ1) is 10.6. The maximum atomic E-state index is 5.57. The summed E-state index contributed by atoms with van der Waals surface area (Å²) < 4.78 is 7.66. The highest BCUT2D eigenvalue weighted by molar-refractivity contribution is 5.82. The molecule has 0 aliphatic heterocycles. The van der Waals surface area contributed by atoms with Gasteiger partial charge in [-0.2, -0.15) is 0 Å². The zero-order valence-electron chi connectivity index (χ0n) is 13.6. The monoisotopic (exact) mass is 294 g/mol. The number of rotatable bonds is 4. The normalized spacial score (nSPS) is 14.2. The Labute approximate surface area is 131 Å². The van der Waals surface area contributed by atoms with Gasteiger partial charge in [0.05, 0.1) is 6.61 Å². The molecule has 2 aromatic heterocycles. The molecule has 1 atom stereocenters. The molecule has 0 N–H and O–H groups in total. The van der Waals surface area contributed by atoms with Crippen molar-refractivity contribution in [2.45, 2.75) is 19.3 Å². The largest absolute Gasteiger partial charge is 0.383 e. The van der Waals surface area contributed by atoms with Crippen molar-refractivity contribution in [1.29, 1.82) is 0 Å². The van der Waals surface area contributed by atoms with Gasteiger partial charge in [0.2, 0.25) is 0 Å². The second-order valence-electron chi connectivity index (χ2n) is 6.16. The molecule has 3 nitrogen and oxygen atoms in total. The fourth-order valence-corrected chi connectivity index (χ4v) is 3.18. The van der Waals surface area contributed by atoms with Gasteiger partial charge < -0.3 is 9.30 Å². The van der Waals surface area contributed by atoms with E-state index in [9.17, 15) is 0 Å². The number of benzene rings is 1. The Morgan fingerprint density at radius 3 is 2.59 bits per heavy atom. The number of aromatic nitrogens is 2. The predicted molar refractivity (Wildman–Crippen MR) is 90.2 cm³/mol. The van der Waals surface area contributed by atoms with E-state index in [1.54, 1.807) is 7.11 Å². The maximum Gasteiger partial charge on any atom is 0.139 e. The summed E-state index contributed by atoms with van der Waals surface area (Å²) in [4.78, 5) is 4.50. The summed E-state index contributed by atoms with van der Waals surface area (Å²) in [6.45, 7) is 4.98. The van der Waals surface area contributed by atoms with Gasteiger partial charge in [0.25, 0.3) is 0 Å². The van der Waals surface area contributed by atoms with Gasteiger partial charge in [0.1, 0.15) is 5.65 Å². The first-order valence-corrected chi connectivity index (χ1v) is 7.53. The average Bonchev–Trinajstić information content (AvgIpc) is 2.86. The molecule has 0 saturated carbocycles. The molecule has 0 spiro atoms. The van der Waals surface area contributed by atoms with Gasteiger partial charge in [-0.3, -0.25) is 0 Å². The third-order valence-corrected chi connectivity index (χ3v) is 4.45. The Balaban J connectivity index is 2.23. The number of fused-ring (bicyclic) bond motifs is 1. The van der Waals surface area contributed by atoms with E-state index in [0.29, 0.717) is 6.61 Å². The minimum absolute atomic E-state index is 0.203. The van der Waals surface area contributed by atoms with E-state index in [1.165, 1.54) is 22.1 Å². The molecule has 3 heteroatoms. The predicted octanol–water partition coefficient (Wildman–Crippen LogP) is 3.83. The van der Waals surface area contributed by atoms with Gasteiger partial charge in [-0.15, -0.1) is 0 Å². The van der Waals surface area contributed by atoms with Gasteiger partial charge in [-0.1, -0.05) is 29.8 Å². The summed E-state index contributed by atoms with van der Waals surface area (Å²) in [5.41, 5.74) is 4.58. The van der Waals surface area contributed by atoms with Crippen LogP contribution in [0.15, 0.2) is 48.8 Å². The van der Waals surface area contributed by atoms with Crippen LogP contribution in [0.3, 0.4) is 0 Å². The smallest absolute Gasteiger partial charge is 0.139 e. The lowest BCUT2D eigenvalue weighted by Crippen LogP contribution is -2.29. The first kappa shape index (κ1) is 14.8. The lowest BCUT2D eigenvalue weighted by atomic mass is 9.77. The summed E-state index contributed by atoms with van der Waals surface area (Å²) >= 11 is 0. The number of methoxy groups -OCH3 is 1. The van der Waals surface area contributed by atoms with Gasteiger partial charge in [-0.05, 0) is 37.1 Å². The maximum absolute atomic E-state index is 5.57. The van der Waals surface area contributed by atoms with Crippen molar-refractivity contribution in [1.82, 2.24) is 9.55 Å². The van der Waals surface area contributed by atoms with Crippen molar-refractivity contribution in [3.63, 3.8) is 0 Å². The zero-order chi connectivity index (χ0) is 15.7. The van der Waals surface area contributed by atoms with Crippen LogP contribution in [0.1, 0.15) is 23.6 Å². The minimum atomic E-state index is -0.203. The molecule has 114 valence electrons. The Hall–Kier alpha value is -2.13. The summed E-state index contributed by atoms with van der Waals surface area (Å²) in [7, 11) is 3.80. The van der Waals surface area contributed by atoms with E-state index >= 15 is 0 Å². The van der Waals surface area contributed by atoms with Crippen molar-refractivity contribution in [3.8, 4) is 0 Å². The van der Waals surface area contributed by atoms with E-state index in [0.717, 1.165) is 5.65 Å². The zero-order valence-corrected chi connectivity index (χ0v) is 13.6. The van der Waals surface area contributed by atoms with Crippen LogP contribution >= 0.6 is 0 Å². The molecule has 1 unspecified atom stereocenters. The molecular weight excluding hydrogens is 272 g/mol. The molecule has 0 saturated heterocycles. The highest BCUT2D eigenvalue weighted by Crippen LogP contribution is 2.37. The molecule has 3 aromatic rings. The third-order valence-electron chi connectivity index (χ3n) is 4.45. The molecule has 3 rings (SSSR count). The number of hydrogen-bond donors (Lipinski definition) is 0. The third kappa shape index (κ3) is 2.32. The van der Waals surface area contributed by atoms with Gasteiger partial charge in [0, 0.05) is 37.4 Å². The molecular formula is C19H22N2O. The van der Waals surface area contributed by atoms with Crippen LogP contribution in [0.2, 0.25) is 0 Å². The summed E-state index contributed by atoms with van der Waals surface area (Å²) in [5, 5.41) is 1.19. The van der Waals surface area contributed by atoms with Crippen LogP contribution in [0.25, 0.3) is 11.0 Å². The van der Waals surface area contributed by atoms with Crippen LogP contribution in [-0.2, 0) is 17.2 Å². The molecule has 0 bridgehead atoms. The van der Waals surface area contributed by atoms with Gasteiger partial charge >= 0.3 is 0 Å². The van der Waals surface area contributed by atoms with E-state index in [-0.39, 0.29) is 5.41 Å². The second-order valence-corrected chi connectivity index (χ2v) is 6.16. The van der Waals surface area contributed by atoms with Crippen LogP contribution in [0, 0.1) is 6.92 Å². The van der Waals surface area contributed by atoms with Crippen LogP contribution in [0.4, 0.5) is 0 Å². The number of hydrogen-bond acceptors (Lipinski definition) is 2. The molecule has 22 heavy (non-hydrogen) atoms. The van der Waals surface area contributed by atoms with Crippen LogP contribution in [-0.4, -0.2) is 23.3 Å². The van der Waals surface area contributed by atoms with E-state index in [4.69, 9.17) is 4.74 Å². The van der Waals surface area contributed by atoms with Crippen molar-refractivity contribution >= 4 is 11.0 Å². The number of pyridine rings is 1. The quantitative estimate of drug-likeness (QED) is 0.731. The summed E-state index contributed by atoms with van der Waals surface area (Å²) in [6.07, 6.45) is 4.02. The van der Waals surface area contributed by atoms with Gasteiger partial charge in [0.15, 0.2) is 0 Å². The fourth-order valence-electron chi connectivity index (χ4n) is 3.18. The highest BCUT2D eigenvalue weighted by atomic mass is 16.5. The Bertz CT molecular complexity index is 789. The number of nitrogens with zero attached hydrogens (tertiary/aromatic N) is 2. The molecule has 0 amide bonds. The van der Waals surface area contributed by atoms with E-state index in [1.807, 2.05) is 19.3 Å². The van der Waals surface area contributed by atoms with Crippen molar-refractivity contribution in [3.05, 3.63) is 65.5 Å². The standard InChI is InChI=1S/C19H22N2O/c1-14-7-9-15(10-8-14)19(2,13-22-4)17-12-21(3)18-16(17)6-5-11-20-18/h5-12H,13H2,1-4H3. The fraction of sp³-hybridized carbons (Fsp3) is 0.316. The lowest BCUT2D eigenvalue weighted by Gasteiger charge is -2.29. The molecule has 1 aromatic carbocycles. The molecule has 2 heterocycles. The van der Waals surface area contributed by atoms with Crippen LogP contribution in [0.5, 0.6) is 0 Å².